The van der Waals surface area contributed by atoms with Crippen molar-refractivity contribution in [3.05, 3.63) is 18.2 Å². The van der Waals surface area contributed by atoms with E-state index in [-0.39, 0.29) is 24.3 Å². The van der Waals surface area contributed by atoms with Crippen molar-refractivity contribution in [2.24, 2.45) is 5.92 Å². The second kappa shape index (κ2) is 8.54. The number of likely N-dealkylation sites (tertiary alicyclic amines) is 1. The third-order valence-electron chi connectivity index (χ3n) is 4.00. The summed E-state index contributed by atoms with van der Waals surface area (Å²) < 4.78 is 10.4. The molecule has 0 spiro atoms. The van der Waals surface area contributed by atoms with E-state index in [1.165, 1.54) is 0 Å². The van der Waals surface area contributed by atoms with Crippen LogP contribution in [-0.4, -0.2) is 57.1 Å². The van der Waals surface area contributed by atoms with Crippen LogP contribution in [0.25, 0.3) is 0 Å². The van der Waals surface area contributed by atoms with E-state index in [0.29, 0.717) is 30.3 Å². The number of ether oxygens (including phenoxy) is 2. The molecule has 132 valence electrons. The first-order chi connectivity index (χ1) is 11.5. The lowest BCUT2D eigenvalue weighted by Gasteiger charge is -2.16. The summed E-state index contributed by atoms with van der Waals surface area (Å²) in [7, 11) is 3.12. The van der Waals surface area contributed by atoms with Crippen LogP contribution in [0.15, 0.2) is 18.2 Å². The van der Waals surface area contributed by atoms with E-state index < -0.39 is 0 Å². The number of hydrogen-bond acceptors (Lipinski definition) is 5. The fourth-order valence-corrected chi connectivity index (χ4v) is 2.79. The summed E-state index contributed by atoms with van der Waals surface area (Å²) in [5.41, 5.74) is 0.621. The third-order valence-corrected chi connectivity index (χ3v) is 4.00. The lowest BCUT2D eigenvalue weighted by Crippen LogP contribution is -2.35. The summed E-state index contributed by atoms with van der Waals surface area (Å²) in [5, 5.41) is 5.68. The van der Waals surface area contributed by atoms with Crippen molar-refractivity contribution in [1.82, 2.24) is 10.2 Å². The molecular formula is C17H25N3O4. The Morgan fingerprint density at radius 1 is 1.21 bits per heavy atom. The number of amides is 2. The molecule has 1 fully saturated rings. The molecule has 1 saturated heterocycles. The minimum Gasteiger partial charge on any atom is -0.497 e. The molecule has 7 nitrogen and oxygen atoms in total. The van der Waals surface area contributed by atoms with Crippen molar-refractivity contribution >= 4 is 17.5 Å². The van der Waals surface area contributed by atoms with Gasteiger partial charge < -0.3 is 20.1 Å². The molecule has 0 radical (unpaired) electrons. The van der Waals surface area contributed by atoms with E-state index in [0.717, 1.165) is 13.0 Å². The van der Waals surface area contributed by atoms with Gasteiger partial charge in [0, 0.05) is 37.0 Å². The topological polar surface area (TPSA) is 79.9 Å². The summed E-state index contributed by atoms with van der Waals surface area (Å²) in [5.74, 6) is 1.14. The summed E-state index contributed by atoms with van der Waals surface area (Å²) >= 11 is 0. The van der Waals surface area contributed by atoms with E-state index in [2.05, 4.69) is 10.6 Å². The number of carbonyl (C=O) groups is 2. The molecule has 0 saturated carbocycles. The second-order valence-corrected chi connectivity index (χ2v) is 5.76. The van der Waals surface area contributed by atoms with Crippen molar-refractivity contribution in [2.75, 3.05) is 45.7 Å². The largest absolute Gasteiger partial charge is 0.497 e. The Labute approximate surface area is 142 Å². The van der Waals surface area contributed by atoms with Crippen molar-refractivity contribution in [3.8, 4) is 11.5 Å². The zero-order chi connectivity index (χ0) is 17.5. The van der Waals surface area contributed by atoms with Gasteiger partial charge in [0.25, 0.3) is 0 Å². The highest BCUT2D eigenvalue weighted by Crippen LogP contribution is 2.25. The average molecular weight is 335 g/mol. The van der Waals surface area contributed by atoms with Crippen LogP contribution in [0.3, 0.4) is 0 Å². The van der Waals surface area contributed by atoms with Crippen molar-refractivity contribution < 1.29 is 19.1 Å². The van der Waals surface area contributed by atoms with E-state index in [9.17, 15) is 9.59 Å². The molecular weight excluding hydrogens is 310 g/mol. The molecule has 1 aliphatic rings. The van der Waals surface area contributed by atoms with Gasteiger partial charge in [-0.15, -0.1) is 0 Å². The van der Waals surface area contributed by atoms with Gasteiger partial charge in [0.15, 0.2) is 0 Å². The van der Waals surface area contributed by atoms with E-state index in [1.54, 1.807) is 32.4 Å². The van der Waals surface area contributed by atoms with E-state index in [1.807, 2.05) is 11.8 Å². The predicted octanol–water partition coefficient (Wildman–Crippen LogP) is 1.10. The van der Waals surface area contributed by atoms with Gasteiger partial charge in [0.2, 0.25) is 11.8 Å². The van der Waals surface area contributed by atoms with Crippen LogP contribution < -0.4 is 20.1 Å². The van der Waals surface area contributed by atoms with Crippen LogP contribution in [0.1, 0.15) is 13.3 Å². The maximum absolute atomic E-state index is 12.2. The molecule has 2 N–H and O–H groups in total. The summed E-state index contributed by atoms with van der Waals surface area (Å²) in [4.78, 5) is 26.1. The first-order valence-electron chi connectivity index (χ1n) is 8.08. The zero-order valence-corrected chi connectivity index (χ0v) is 14.4. The average Bonchev–Trinajstić information content (AvgIpc) is 3.03. The fraction of sp³-hybridized carbons (Fsp3) is 0.529. The van der Waals surface area contributed by atoms with Crippen LogP contribution in [0.2, 0.25) is 0 Å². The molecule has 2 amide bonds. The molecule has 1 atom stereocenters. The Morgan fingerprint density at radius 2 is 1.88 bits per heavy atom. The van der Waals surface area contributed by atoms with Crippen LogP contribution in [0, 0.1) is 5.92 Å². The Hall–Kier alpha value is -2.28. The number of nitrogens with zero attached hydrogens (tertiary/aromatic N) is 1. The number of rotatable bonds is 7. The molecule has 0 aliphatic carbocycles. The molecule has 1 aromatic rings. The molecule has 1 aromatic carbocycles. The fourth-order valence-electron chi connectivity index (χ4n) is 2.79. The maximum Gasteiger partial charge on any atom is 0.238 e. The minimum atomic E-state index is -0.123. The van der Waals surface area contributed by atoms with Crippen LogP contribution >= 0.6 is 0 Å². The SMILES string of the molecule is CCNC(=O)C1CCN(CC(=O)Nc2cc(OC)cc(OC)c2)C1. The molecule has 1 unspecified atom stereocenters. The molecule has 2 rings (SSSR count). The van der Waals surface area contributed by atoms with Gasteiger partial charge in [0.05, 0.1) is 26.7 Å². The van der Waals surface area contributed by atoms with Crippen LogP contribution in [0.4, 0.5) is 5.69 Å². The maximum atomic E-state index is 12.2. The zero-order valence-electron chi connectivity index (χ0n) is 14.4. The number of methoxy groups -OCH3 is 2. The Balaban J connectivity index is 1.89. The smallest absolute Gasteiger partial charge is 0.238 e. The monoisotopic (exact) mass is 335 g/mol. The van der Waals surface area contributed by atoms with Gasteiger partial charge in [-0.1, -0.05) is 0 Å². The number of carbonyl (C=O) groups excluding carboxylic acids is 2. The van der Waals surface area contributed by atoms with Crippen LogP contribution in [0.5, 0.6) is 11.5 Å². The summed E-state index contributed by atoms with van der Waals surface area (Å²) in [6, 6.07) is 5.22. The van der Waals surface area contributed by atoms with Gasteiger partial charge in [-0.25, -0.2) is 0 Å². The Morgan fingerprint density at radius 3 is 2.46 bits per heavy atom. The highest BCUT2D eigenvalue weighted by atomic mass is 16.5. The number of hydrogen-bond donors (Lipinski definition) is 2. The Kier molecular flexibility index (Phi) is 6.43. The highest BCUT2D eigenvalue weighted by Gasteiger charge is 2.28. The molecule has 0 bridgehead atoms. The normalized spacial score (nSPS) is 17.4. The standard InChI is InChI=1S/C17H25N3O4/c1-4-18-17(22)12-5-6-20(10-12)11-16(21)19-13-7-14(23-2)9-15(8-13)24-3/h7-9,12H,4-6,10-11H2,1-3H3,(H,18,22)(H,19,21). The summed E-state index contributed by atoms with van der Waals surface area (Å²) in [6.07, 6.45) is 0.784. The number of nitrogens with one attached hydrogen (secondary N) is 2. The van der Waals surface area contributed by atoms with Gasteiger partial charge in [-0.05, 0) is 19.9 Å². The molecule has 0 aromatic heterocycles. The predicted molar refractivity (Wildman–Crippen MR) is 91.4 cm³/mol. The minimum absolute atomic E-state index is 0.0327. The molecule has 1 heterocycles. The molecule has 1 aliphatic heterocycles. The molecule has 24 heavy (non-hydrogen) atoms. The van der Waals surface area contributed by atoms with E-state index >= 15 is 0 Å². The first-order valence-corrected chi connectivity index (χ1v) is 8.08. The van der Waals surface area contributed by atoms with Gasteiger partial charge >= 0.3 is 0 Å². The lowest BCUT2D eigenvalue weighted by atomic mass is 10.1. The lowest BCUT2D eigenvalue weighted by molar-refractivity contribution is -0.125. The third kappa shape index (κ3) is 4.86. The molecule has 7 heteroatoms. The van der Waals surface area contributed by atoms with Crippen molar-refractivity contribution in [1.29, 1.82) is 0 Å². The summed E-state index contributed by atoms with van der Waals surface area (Å²) in [6.45, 7) is 4.15. The quantitative estimate of drug-likeness (QED) is 0.780. The second-order valence-electron chi connectivity index (χ2n) is 5.76. The number of benzene rings is 1. The van der Waals surface area contributed by atoms with Crippen LogP contribution in [-0.2, 0) is 9.59 Å². The first kappa shape index (κ1) is 18.1. The van der Waals surface area contributed by atoms with Gasteiger partial charge in [-0.2, -0.15) is 0 Å². The van der Waals surface area contributed by atoms with Gasteiger partial charge in [-0.3, -0.25) is 14.5 Å². The van der Waals surface area contributed by atoms with Gasteiger partial charge in [0.1, 0.15) is 11.5 Å². The number of anilines is 1. The Bertz CT molecular complexity index is 569. The van der Waals surface area contributed by atoms with E-state index in [4.69, 9.17) is 9.47 Å². The van der Waals surface area contributed by atoms with Crippen molar-refractivity contribution in [2.45, 2.75) is 13.3 Å². The van der Waals surface area contributed by atoms with Crippen molar-refractivity contribution in [3.63, 3.8) is 0 Å². The highest BCUT2D eigenvalue weighted by molar-refractivity contribution is 5.92.